The molecular formula is C33H48N4O3. The number of likely N-dealkylation sites (tertiary alicyclic amines) is 2. The molecule has 0 aliphatic carbocycles. The first-order valence-electron chi connectivity index (χ1n) is 16.7. The molecule has 0 bridgehead atoms. The standard InChI is InChI=1S/C33H48N4O3/c1-5-17-36-18-10-15-33(36)16-19-37(32(33)40)25(4)31(39)35-29(21-26-11-7-6-8-12-26)30(38)23-34-22-27-13-9-14-28(20-27)24(2)3/h6-9,11-14,20,24-25,29-30,34,38H,5,10,15-19,21-23H2,1-4H3,(H,35,39)/t25?,29-,30+,33?/m0/s1/i1T2,5T2. The van der Waals surface area contributed by atoms with Crippen LogP contribution in [0.3, 0.4) is 0 Å². The third-order valence-corrected chi connectivity index (χ3v) is 8.57. The second-order valence-electron chi connectivity index (χ2n) is 11.6. The van der Waals surface area contributed by atoms with Crippen molar-refractivity contribution in [1.29, 1.82) is 0 Å². The van der Waals surface area contributed by atoms with Crippen molar-refractivity contribution < 1.29 is 20.2 Å². The lowest BCUT2D eigenvalue weighted by Gasteiger charge is -2.34. The van der Waals surface area contributed by atoms with Crippen LogP contribution in [0.2, 0.25) is 0 Å². The summed E-state index contributed by atoms with van der Waals surface area (Å²) in [5.41, 5.74) is 2.44. The Morgan fingerprint density at radius 3 is 2.62 bits per heavy atom. The molecule has 4 atom stereocenters. The maximum absolute atomic E-state index is 13.8. The number of aliphatic hydroxyl groups excluding tert-OH is 1. The summed E-state index contributed by atoms with van der Waals surface area (Å²) in [5.74, 6) is -0.132. The molecule has 7 heteroatoms. The van der Waals surface area contributed by atoms with E-state index in [0.717, 1.165) is 17.5 Å². The highest BCUT2D eigenvalue weighted by atomic mass is 16.3. The van der Waals surface area contributed by atoms with Crippen LogP contribution >= 0.6 is 0 Å². The monoisotopic (exact) mass is 556 g/mol. The SMILES string of the molecule is [3H]C([3H])C([3H])([3H])CN1CCCC12CCN(C(C)C(=O)N[C@@H](Cc1ccccc1)[C@H](O)CNCc1cccc(C(C)C)c1)C2=O. The number of carbonyl (C=O) groups is 2. The van der Waals surface area contributed by atoms with Gasteiger partial charge in [0.1, 0.15) is 11.6 Å². The number of aliphatic hydroxyl groups is 1. The first-order chi connectivity index (χ1) is 20.8. The van der Waals surface area contributed by atoms with E-state index in [1.807, 2.05) is 42.5 Å². The lowest BCUT2D eigenvalue weighted by Crippen LogP contribution is -2.56. The maximum atomic E-state index is 13.8. The molecule has 218 valence electrons. The van der Waals surface area contributed by atoms with Gasteiger partial charge in [0, 0.05) is 25.1 Å². The van der Waals surface area contributed by atoms with Gasteiger partial charge in [-0.15, -0.1) is 0 Å². The minimum atomic E-state index is -2.07. The summed E-state index contributed by atoms with van der Waals surface area (Å²) in [7, 11) is 0. The summed E-state index contributed by atoms with van der Waals surface area (Å²) >= 11 is 0. The molecule has 2 aliphatic heterocycles. The van der Waals surface area contributed by atoms with Crippen LogP contribution in [0.25, 0.3) is 0 Å². The topological polar surface area (TPSA) is 84.9 Å². The molecule has 2 amide bonds. The highest BCUT2D eigenvalue weighted by Gasteiger charge is 2.54. The normalized spacial score (nSPS) is 23.6. The van der Waals surface area contributed by atoms with Gasteiger partial charge in [-0.3, -0.25) is 14.5 Å². The molecule has 1 spiro atoms. The van der Waals surface area contributed by atoms with Gasteiger partial charge < -0.3 is 20.6 Å². The number of benzene rings is 2. The summed E-state index contributed by atoms with van der Waals surface area (Å²) in [4.78, 5) is 30.8. The minimum absolute atomic E-state index is 0.162. The fourth-order valence-corrected chi connectivity index (χ4v) is 6.12. The fourth-order valence-electron chi connectivity index (χ4n) is 6.12. The lowest BCUT2D eigenvalue weighted by atomic mass is 9.94. The summed E-state index contributed by atoms with van der Waals surface area (Å²) in [6.45, 7) is 5.91. The van der Waals surface area contributed by atoms with Gasteiger partial charge in [-0.05, 0) is 74.7 Å². The Hall–Kier alpha value is -2.74. The Morgan fingerprint density at radius 2 is 1.88 bits per heavy atom. The Balaban J connectivity index is 1.41. The molecule has 2 aliphatic rings. The molecule has 4 rings (SSSR count). The van der Waals surface area contributed by atoms with E-state index in [0.29, 0.717) is 44.8 Å². The van der Waals surface area contributed by atoms with E-state index in [2.05, 4.69) is 36.6 Å². The number of hydrogen-bond donors (Lipinski definition) is 3. The highest BCUT2D eigenvalue weighted by molar-refractivity contribution is 5.94. The van der Waals surface area contributed by atoms with E-state index in [-0.39, 0.29) is 24.9 Å². The van der Waals surface area contributed by atoms with Gasteiger partial charge in [0.25, 0.3) is 0 Å². The third kappa shape index (κ3) is 6.93. The van der Waals surface area contributed by atoms with Crippen LogP contribution in [0.4, 0.5) is 0 Å². The van der Waals surface area contributed by atoms with Crippen LogP contribution in [-0.4, -0.2) is 76.6 Å². The maximum Gasteiger partial charge on any atom is 0.243 e. The number of nitrogens with one attached hydrogen (secondary N) is 2. The van der Waals surface area contributed by atoms with E-state index in [1.165, 1.54) is 5.56 Å². The van der Waals surface area contributed by atoms with Gasteiger partial charge in [-0.2, -0.15) is 0 Å². The van der Waals surface area contributed by atoms with Crippen LogP contribution in [0.1, 0.15) is 81.4 Å². The molecule has 0 aromatic heterocycles. The zero-order valence-corrected chi connectivity index (χ0v) is 24.1. The van der Waals surface area contributed by atoms with Gasteiger partial charge in [0.15, 0.2) is 0 Å². The van der Waals surface area contributed by atoms with Crippen LogP contribution in [-0.2, 0) is 22.6 Å². The number of hydrogen-bond acceptors (Lipinski definition) is 5. The van der Waals surface area contributed by atoms with E-state index < -0.39 is 37.0 Å². The first-order valence-corrected chi connectivity index (χ1v) is 14.6. The number of nitrogens with zero attached hydrogens (tertiary/aromatic N) is 2. The zero-order valence-electron chi connectivity index (χ0n) is 28.1. The average Bonchev–Trinajstić information content (AvgIpc) is 3.54. The summed E-state index contributed by atoms with van der Waals surface area (Å²) in [6, 6.07) is 16.7. The molecule has 3 N–H and O–H groups in total. The fraction of sp³-hybridized carbons (Fsp3) is 0.576. The smallest absolute Gasteiger partial charge is 0.243 e. The number of amides is 2. The second-order valence-corrected chi connectivity index (χ2v) is 11.6. The van der Waals surface area contributed by atoms with Crippen molar-refractivity contribution in [3.05, 3.63) is 71.3 Å². The molecule has 7 nitrogen and oxygen atoms in total. The van der Waals surface area contributed by atoms with Crippen molar-refractivity contribution in [1.82, 2.24) is 20.4 Å². The highest BCUT2D eigenvalue weighted by Crippen LogP contribution is 2.39. The van der Waals surface area contributed by atoms with Crippen LogP contribution in [0.15, 0.2) is 54.6 Å². The van der Waals surface area contributed by atoms with Gasteiger partial charge in [-0.25, -0.2) is 0 Å². The molecule has 40 heavy (non-hydrogen) atoms. The van der Waals surface area contributed by atoms with Gasteiger partial charge >= 0.3 is 0 Å². The molecular weight excluding hydrogens is 500 g/mol. The van der Waals surface area contributed by atoms with Crippen molar-refractivity contribution in [2.75, 3.05) is 26.2 Å². The minimum Gasteiger partial charge on any atom is -0.390 e. The molecule has 2 unspecified atom stereocenters. The predicted molar refractivity (Wildman–Crippen MR) is 160 cm³/mol. The molecule has 2 fully saturated rings. The van der Waals surface area contributed by atoms with E-state index in [1.54, 1.807) is 16.7 Å². The Labute approximate surface area is 245 Å². The van der Waals surface area contributed by atoms with Gasteiger partial charge in [0.05, 0.1) is 12.1 Å². The largest absolute Gasteiger partial charge is 0.390 e. The van der Waals surface area contributed by atoms with Crippen molar-refractivity contribution in [3.63, 3.8) is 0 Å². The van der Waals surface area contributed by atoms with Crippen molar-refractivity contribution in [3.8, 4) is 0 Å². The van der Waals surface area contributed by atoms with E-state index >= 15 is 0 Å². The summed E-state index contributed by atoms with van der Waals surface area (Å²) < 4.78 is 31.5. The molecule has 0 saturated carbocycles. The van der Waals surface area contributed by atoms with Gasteiger partial charge in [-0.1, -0.05) is 75.3 Å². The third-order valence-electron chi connectivity index (χ3n) is 8.57. The summed E-state index contributed by atoms with van der Waals surface area (Å²) in [5, 5.41) is 17.6. The second kappa shape index (κ2) is 13.7. The first kappa shape index (κ1) is 25.0. The molecule has 2 saturated heterocycles. The van der Waals surface area contributed by atoms with Gasteiger partial charge in [0.2, 0.25) is 11.8 Å². The Kier molecular flexibility index (Phi) is 8.60. The van der Waals surface area contributed by atoms with E-state index in [4.69, 9.17) is 5.48 Å². The summed E-state index contributed by atoms with van der Waals surface area (Å²) in [6.07, 6.45) is -0.771. The molecule has 2 heterocycles. The number of carbonyl (C=O) groups excluding carboxylic acids is 2. The Morgan fingerprint density at radius 1 is 1.10 bits per heavy atom. The zero-order chi connectivity index (χ0) is 32.1. The lowest BCUT2D eigenvalue weighted by molar-refractivity contribution is -0.143. The number of rotatable bonds is 13. The van der Waals surface area contributed by atoms with Crippen molar-refractivity contribution in [2.24, 2.45) is 0 Å². The van der Waals surface area contributed by atoms with Crippen LogP contribution in [0, 0.1) is 0 Å². The average molecular weight is 557 g/mol. The van der Waals surface area contributed by atoms with Crippen molar-refractivity contribution >= 4 is 11.8 Å². The predicted octanol–water partition coefficient (Wildman–Crippen LogP) is 3.85. The molecule has 2 aromatic rings. The quantitative estimate of drug-likeness (QED) is 0.349. The van der Waals surface area contributed by atoms with Crippen LogP contribution < -0.4 is 10.6 Å². The van der Waals surface area contributed by atoms with Crippen LogP contribution in [0.5, 0.6) is 0 Å². The van der Waals surface area contributed by atoms with E-state index in [9.17, 15) is 14.7 Å². The molecule has 0 radical (unpaired) electrons. The van der Waals surface area contributed by atoms with Crippen molar-refractivity contribution in [2.45, 2.75) is 95.9 Å². The molecule has 2 aromatic carbocycles. The Bertz CT molecular complexity index is 1260.